The lowest BCUT2D eigenvalue weighted by molar-refractivity contribution is -0.123. The van der Waals surface area contributed by atoms with Crippen molar-refractivity contribution in [3.63, 3.8) is 0 Å². The summed E-state index contributed by atoms with van der Waals surface area (Å²) in [6.45, 7) is 0.874. The first-order valence-corrected chi connectivity index (χ1v) is 12.0. The molecule has 1 atom stereocenters. The minimum absolute atomic E-state index is 0.0729. The van der Waals surface area contributed by atoms with Gasteiger partial charge in [0.15, 0.2) is 5.69 Å². The SMILES string of the molecule is N#CCc1c(C(=O)NN2CCCC(C(N)=O)C2)nn(-c2ccc(Cl)cc2Cl)c1-c1ccc(Cl)cc1. The van der Waals surface area contributed by atoms with Gasteiger partial charge in [-0.1, -0.05) is 46.9 Å². The number of amides is 2. The van der Waals surface area contributed by atoms with Crippen LogP contribution >= 0.6 is 34.8 Å². The van der Waals surface area contributed by atoms with E-state index < -0.39 is 11.8 Å². The summed E-state index contributed by atoms with van der Waals surface area (Å²) in [5, 5.41) is 17.1. The van der Waals surface area contributed by atoms with Crippen LogP contribution in [0.3, 0.4) is 0 Å². The molecule has 35 heavy (non-hydrogen) atoms. The highest BCUT2D eigenvalue weighted by Crippen LogP contribution is 2.34. The van der Waals surface area contributed by atoms with Crippen molar-refractivity contribution in [3.05, 3.63) is 68.8 Å². The van der Waals surface area contributed by atoms with Gasteiger partial charge in [0.1, 0.15) is 0 Å². The van der Waals surface area contributed by atoms with Gasteiger partial charge in [-0.05, 0) is 43.2 Å². The summed E-state index contributed by atoms with van der Waals surface area (Å²) in [6, 6.07) is 14.1. The number of rotatable bonds is 6. The maximum absolute atomic E-state index is 13.4. The number of piperidine rings is 1. The molecule has 4 rings (SSSR count). The van der Waals surface area contributed by atoms with Crippen LogP contribution < -0.4 is 11.2 Å². The van der Waals surface area contributed by atoms with Gasteiger partial charge in [0.25, 0.3) is 5.91 Å². The topological polar surface area (TPSA) is 117 Å². The maximum atomic E-state index is 13.4. The van der Waals surface area contributed by atoms with Crippen LogP contribution in [0.1, 0.15) is 28.9 Å². The van der Waals surface area contributed by atoms with Gasteiger partial charge in [0, 0.05) is 34.3 Å². The number of hydrogen-bond donors (Lipinski definition) is 2. The quantitative estimate of drug-likeness (QED) is 0.489. The molecule has 1 unspecified atom stereocenters. The molecule has 2 heterocycles. The van der Waals surface area contributed by atoms with Crippen molar-refractivity contribution in [1.82, 2.24) is 20.2 Å². The van der Waals surface area contributed by atoms with Crippen molar-refractivity contribution in [2.75, 3.05) is 13.1 Å². The Morgan fingerprint density at radius 3 is 2.51 bits per heavy atom. The number of nitrogens with zero attached hydrogens (tertiary/aromatic N) is 4. The number of primary amides is 1. The second-order valence-electron chi connectivity index (χ2n) is 8.15. The number of aromatic nitrogens is 2. The van der Waals surface area contributed by atoms with Crippen LogP contribution in [0.25, 0.3) is 16.9 Å². The molecule has 1 aromatic heterocycles. The lowest BCUT2D eigenvalue weighted by atomic mass is 9.99. The van der Waals surface area contributed by atoms with Crippen molar-refractivity contribution in [2.24, 2.45) is 11.7 Å². The molecule has 0 spiro atoms. The van der Waals surface area contributed by atoms with Crippen LogP contribution in [0.5, 0.6) is 0 Å². The van der Waals surface area contributed by atoms with E-state index in [0.29, 0.717) is 63.5 Å². The third-order valence-corrected chi connectivity index (χ3v) is 6.58. The zero-order valence-electron chi connectivity index (χ0n) is 18.5. The Kier molecular flexibility index (Phi) is 7.63. The molecule has 1 saturated heterocycles. The molecule has 3 N–H and O–H groups in total. The predicted octanol–water partition coefficient (Wildman–Crippen LogP) is 4.41. The number of carbonyl (C=O) groups excluding carboxylic acids is 2. The van der Waals surface area contributed by atoms with E-state index in [9.17, 15) is 14.9 Å². The largest absolute Gasteiger partial charge is 0.369 e. The minimum Gasteiger partial charge on any atom is -0.369 e. The highest BCUT2D eigenvalue weighted by Gasteiger charge is 2.29. The first kappa shape index (κ1) is 25.0. The van der Waals surface area contributed by atoms with Crippen molar-refractivity contribution in [1.29, 1.82) is 5.26 Å². The fourth-order valence-electron chi connectivity index (χ4n) is 4.12. The van der Waals surface area contributed by atoms with Crippen molar-refractivity contribution < 1.29 is 9.59 Å². The summed E-state index contributed by atoms with van der Waals surface area (Å²) in [5.74, 6) is -1.25. The lowest BCUT2D eigenvalue weighted by Gasteiger charge is -2.30. The summed E-state index contributed by atoms with van der Waals surface area (Å²) in [7, 11) is 0. The third kappa shape index (κ3) is 5.44. The van der Waals surface area contributed by atoms with Gasteiger partial charge in [0.2, 0.25) is 5.91 Å². The van der Waals surface area contributed by atoms with Gasteiger partial charge < -0.3 is 5.73 Å². The fourth-order valence-corrected chi connectivity index (χ4v) is 4.73. The number of carbonyl (C=O) groups is 2. The summed E-state index contributed by atoms with van der Waals surface area (Å²) >= 11 is 18.7. The Bertz CT molecular complexity index is 1320. The van der Waals surface area contributed by atoms with E-state index in [2.05, 4.69) is 16.6 Å². The average molecular weight is 532 g/mol. The van der Waals surface area contributed by atoms with E-state index in [1.165, 1.54) is 4.68 Å². The van der Waals surface area contributed by atoms with Gasteiger partial charge >= 0.3 is 0 Å². The van der Waals surface area contributed by atoms with Gasteiger partial charge in [-0.25, -0.2) is 9.69 Å². The second kappa shape index (κ2) is 10.7. The minimum atomic E-state index is -0.501. The number of hydrazine groups is 1. The van der Waals surface area contributed by atoms with E-state index in [4.69, 9.17) is 40.5 Å². The molecule has 11 heteroatoms. The summed E-state index contributed by atoms with van der Waals surface area (Å²) in [4.78, 5) is 25.0. The van der Waals surface area contributed by atoms with Crippen LogP contribution in [0, 0.1) is 17.2 Å². The molecule has 0 aliphatic carbocycles. The molecule has 0 bridgehead atoms. The monoisotopic (exact) mass is 530 g/mol. The van der Waals surface area contributed by atoms with Gasteiger partial charge in [-0.3, -0.25) is 15.0 Å². The number of benzene rings is 2. The van der Waals surface area contributed by atoms with Crippen LogP contribution in [0.15, 0.2) is 42.5 Å². The molecular weight excluding hydrogens is 511 g/mol. The van der Waals surface area contributed by atoms with Crippen LogP contribution in [0.4, 0.5) is 0 Å². The van der Waals surface area contributed by atoms with E-state index in [0.717, 1.165) is 0 Å². The number of nitrogens with one attached hydrogen (secondary N) is 1. The molecule has 0 saturated carbocycles. The number of halogens is 3. The molecule has 0 radical (unpaired) electrons. The van der Waals surface area contributed by atoms with E-state index in [1.54, 1.807) is 47.5 Å². The first-order valence-electron chi connectivity index (χ1n) is 10.8. The number of nitrogens with two attached hydrogens (primary N) is 1. The standard InChI is InChI=1S/C24H21Cl3N6O2/c25-16-5-3-14(4-6-16)22-18(9-10-28)21(30-33(22)20-8-7-17(26)12-19(20)27)24(35)31-32-11-1-2-15(13-32)23(29)34/h3-8,12,15H,1-2,9,11,13H2,(H2,29,34)(H,31,35). The Morgan fingerprint density at radius 1 is 1.14 bits per heavy atom. The van der Waals surface area contributed by atoms with E-state index >= 15 is 0 Å². The normalized spacial score (nSPS) is 16.0. The molecular formula is C24H21Cl3N6O2. The average Bonchev–Trinajstić information content (AvgIpc) is 3.19. The maximum Gasteiger partial charge on any atom is 0.286 e. The Hall–Kier alpha value is -3.09. The fraction of sp³-hybridized carbons (Fsp3) is 0.250. The molecule has 180 valence electrons. The van der Waals surface area contributed by atoms with Crippen LogP contribution in [-0.4, -0.2) is 39.7 Å². The third-order valence-electron chi connectivity index (χ3n) is 5.79. The molecule has 8 nitrogen and oxygen atoms in total. The van der Waals surface area contributed by atoms with E-state index in [1.807, 2.05) is 0 Å². The summed E-state index contributed by atoms with van der Waals surface area (Å²) in [5.41, 5.74) is 10.5. The summed E-state index contributed by atoms with van der Waals surface area (Å²) in [6.07, 6.45) is 1.31. The predicted molar refractivity (Wildman–Crippen MR) is 134 cm³/mol. The number of hydrogen-bond acceptors (Lipinski definition) is 5. The molecule has 1 aliphatic rings. The smallest absolute Gasteiger partial charge is 0.286 e. The second-order valence-corrected chi connectivity index (χ2v) is 9.43. The zero-order valence-corrected chi connectivity index (χ0v) is 20.7. The molecule has 1 fully saturated rings. The van der Waals surface area contributed by atoms with Gasteiger partial charge in [-0.2, -0.15) is 10.4 Å². The molecule has 1 aliphatic heterocycles. The molecule has 3 aromatic rings. The molecule has 2 amide bonds. The van der Waals surface area contributed by atoms with Gasteiger partial charge in [0.05, 0.1) is 34.8 Å². The highest BCUT2D eigenvalue weighted by atomic mass is 35.5. The van der Waals surface area contributed by atoms with E-state index in [-0.39, 0.29) is 18.0 Å². The first-order chi connectivity index (χ1) is 16.8. The lowest BCUT2D eigenvalue weighted by Crippen LogP contribution is -2.50. The Morgan fingerprint density at radius 2 is 1.86 bits per heavy atom. The Balaban J connectivity index is 1.81. The zero-order chi connectivity index (χ0) is 25.1. The van der Waals surface area contributed by atoms with Crippen molar-refractivity contribution >= 4 is 46.6 Å². The van der Waals surface area contributed by atoms with Crippen LogP contribution in [0.2, 0.25) is 15.1 Å². The van der Waals surface area contributed by atoms with Crippen molar-refractivity contribution in [2.45, 2.75) is 19.3 Å². The summed E-state index contributed by atoms with van der Waals surface area (Å²) < 4.78 is 1.53. The van der Waals surface area contributed by atoms with Crippen molar-refractivity contribution in [3.8, 4) is 23.0 Å². The van der Waals surface area contributed by atoms with Gasteiger partial charge in [-0.15, -0.1) is 0 Å². The highest BCUT2D eigenvalue weighted by molar-refractivity contribution is 6.35. The van der Waals surface area contributed by atoms with Crippen LogP contribution in [-0.2, 0) is 11.2 Å². The Labute approximate surface area is 217 Å². The molecule has 2 aromatic carbocycles. The number of nitriles is 1.